The van der Waals surface area contributed by atoms with E-state index in [1.54, 1.807) is 55.3 Å². The lowest BCUT2D eigenvalue weighted by Gasteiger charge is -2.15. The standard InChI is InChI=1S/C17H23N5O2/c1-18-16(13-10-19-22(4)11-13)17(24)20-14-7-5-12(6-8-14)9-15(23)21(2)3/h5-8,10-11,16,18H,9H2,1-4H3,(H,20,24). The number of aromatic nitrogens is 2. The quantitative estimate of drug-likeness (QED) is 0.827. The van der Waals surface area contributed by atoms with E-state index in [2.05, 4.69) is 15.7 Å². The summed E-state index contributed by atoms with van der Waals surface area (Å²) < 4.78 is 1.66. The van der Waals surface area contributed by atoms with E-state index in [1.165, 1.54) is 0 Å². The molecule has 7 nitrogen and oxygen atoms in total. The lowest BCUT2D eigenvalue weighted by Crippen LogP contribution is -2.30. The highest BCUT2D eigenvalue weighted by molar-refractivity contribution is 5.95. The van der Waals surface area contributed by atoms with Crippen LogP contribution in [0.1, 0.15) is 17.2 Å². The predicted molar refractivity (Wildman–Crippen MR) is 92.5 cm³/mol. The molecule has 1 heterocycles. The Hall–Kier alpha value is -2.67. The first-order valence-corrected chi connectivity index (χ1v) is 7.66. The molecule has 24 heavy (non-hydrogen) atoms. The Morgan fingerprint density at radius 1 is 1.25 bits per heavy atom. The number of nitrogens with zero attached hydrogens (tertiary/aromatic N) is 3. The van der Waals surface area contributed by atoms with E-state index < -0.39 is 6.04 Å². The maximum Gasteiger partial charge on any atom is 0.246 e. The van der Waals surface area contributed by atoms with Gasteiger partial charge in [-0.2, -0.15) is 5.10 Å². The van der Waals surface area contributed by atoms with Gasteiger partial charge in [-0.25, -0.2) is 0 Å². The van der Waals surface area contributed by atoms with Gasteiger partial charge in [0.25, 0.3) is 0 Å². The third-order valence-corrected chi connectivity index (χ3v) is 3.68. The smallest absolute Gasteiger partial charge is 0.246 e. The Bertz CT molecular complexity index is 706. The number of aryl methyl sites for hydroxylation is 1. The largest absolute Gasteiger partial charge is 0.349 e. The molecule has 2 N–H and O–H groups in total. The zero-order valence-corrected chi connectivity index (χ0v) is 14.4. The molecule has 0 radical (unpaired) electrons. The molecule has 1 atom stereocenters. The van der Waals surface area contributed by atoms with Crippen molar-refractivity contribution in [3.05, 3.63) is 47.8 Å². The Morgan fingerprint density at radius 2 is 1.92 bits per heavy atom. The molecule has 0 aliphatic carbocycles. The normalized spacial score (nSPS) is 11.8. The summed E-state index contributed by atoms with van der Waals surface area (Å²) in [5, 5.41) is 9.95. The molecule has 128 valence electrons. The van der Waals surface area contributed by atoms with Crippen LogP contribution in [0.3, 0.4) is 0 Å². The molecule has 0 aliphatic rings. The molecule has 2 amide bonds. The Balaban J connectivity index is 2.02. The first-order valence-electron chi connectivity index (χ1n) is 7.66. The summed E-state index contributed by atoms with van der Waals surface area (Å²) >= 11 is 0. The maximum absolute atomic E-state index is 12.4. The van der Waals surface area contributed by atoms with Crippen molar-refractivity contribution < 1.29 is 9.59 Å². The van der Waals surface area contributed by atoms with Crippen LogP contribution in [0.2, 0.25) is 0 Å². The number of anilines is 1. The summed E-state index contributed by atoms with van der Waals surface area (Å²) in [7, 11) is 7.00. The zero-order chi connectivity index (χ0) is 17.7. The van der Waals surface area contributed by atoms with Gasteiger partial charge in [0.2, 0.25) is 11.8 Å². The van der Waals surface area contributed by atoms with E-state index in [-0.39, 0.29) is 11.8 Å². The third kappa shape index (κ3) is 4.42. The second-order valence-electron chi connectivity index (χ2n) is 5.82. The van der Waals surface area contributed by atoms with Gasteiger partial charge in [0.15, 0.2) is 0 Å². The highest BCUT2D eigenvalue weighted by Gasteiger charge is 2.20. The van der Waals surface area contributed by atoms with Crippen molar-refractivity contribution in [1.82, 2.24) is 20.0 Å². The average molecular weight is 329 g/mol. The van der Waals surface area contributed by atoms with Crippen molar-refractivity contribution in [2.24, 2.45) is 7.05 Å². The van der Waals surface area contributed by atoms with Crippen LogP contribution in [0.15, 0.2) is 36.7 Å². The number of likely N-dealkylation sites (N-methyl/N-ethyl adjacent to an activating group) is 2. The fourth-order valence-electron chi connectivity index (χ4n) is 2.29. The van der Waals surface area contributed by atoms with Gasteiger partial charge in [-0.3, -0.25) is 14.3 Å². The molecule has 0 saturated carbocycles. The Labute approximate surface area is 141 Å². The number of benzene rings is 1. The van der Waals surface area contributed by atoms with Crippen LogP contribution in [0.5, 0.6) is 0 Å². The number of carbonyl (C=O) groups excluding carboxylic acids is 2. The van der Waals surface area contributed by atoms with Gasteiger partial charge >= 0.3 is 0 Å². The summed E-state index contributed by atoms with van der Waals surface area (Å²) in [5.74, 6) is -0.124. The predicted octanol–water partition coefficient (Wildman–Crippen LogP) is 0.950. The van der Waals surface area contributed by atoms with Gasteiger partial charge < -0.3 is 15.5 Å². The molecule has 0 aliphatic heterocycles. The fourth-order valence-corrected chi connectivity index (χ4v) is 2.29. The van der Waals surface area contributed by atoms with Crippen LogP contribution < -0.4 is 10.6 Å². The molecule has 1 aromatic carbocycles. The van der Waals surface area contributed by atoms with Crippen molar-refractivity contribution in [1.29, 1.82) is 0 Å². The second kappa shape index (κ2) is 7.74. The molecule has 0 fully saturated rings. The summed E-state index contributed by atoms with van der Waals surface area (Å²) in [4.78, 5) is 25.7. The first-order chi connectivity index (χ1) is 11.4. The van der Waals surface area contributed by atoms with Gasteiger partial charge in [-0.1, -0.05) is 12.1 Å². The van der Waals surface area contributed by atoms with Crippen molar-refractivity contribution in [2.45, 2.75) is 12.5 Å². The van der Waals surface area contributed by atoms with E-state index in [9.17, 15) is 9.59 Å². The second-order valence-corrected chi connectivity index (χ2v) is 5.82. The summed E-state index contributed by atoms with van der Waals surface area (Å²) in [5.41, 5.74) is 2.39. The minimum absolute atomic E-state index is 0.0404. The summed E-state index contributed by atoms with van der Waals surface area (Å²) in [6, 6.07) is 6.80. The number of hydrogen-bond acceptors (Lipinski definition) is 4. The van der Waals surface area contributed by atoms with E-state index in [0.29, 0.717) is 12.1 Å². The van der Waals surface area contributed by atoms with Gasteiger partial charge in [-0.15, -0.1) is 0 Å². The molecule has 2 aromatic rings. The van der Waals surface area contributed by atoms with E-state index in [0.717, 1.165) is 11.1 Å². The average Bonchev–Trinajstić information content (AvgIpc) is 2.96. The molecule has 0 bridgehead atoms. The Morgan fingerprint density at radius 3 is 2.42 bits per heavy atom. The number of hydrogen-bond donors (Lipinski definition) is 2. The molecule has 7 heteroatoms. The number of carbonyl (C=O) groups is 2. The Kier molecular flexibility index (Phi) is 5.70. The number of nitrogens with one attached hydrogen (secondary N) is 2. The number of amides is 2. The van der Waals surface area contributed by atoms with Crippen LogP contribution in [0, 0.1) is 0 Å². The fraction of sp³-hybridized carbons (Fsp3) is 0.353. The number of rotatable bonds is 6. The van der Waals surface area contributed by atoms with Gasteiger partial charge in [0, 0.05) is 38.6 Å². The monoisotopic (exact) mass is 329 g/mol. The van der Waals surface area contributed by atoms with Gasteiger partial charge in [0.1, 0.15) is 6.04 Å². The van der Waals surface area contributed by atoms with Crippen LogP contribution >= 0.6 is 0 Å². The molecule has 0 saturated heterocycles. The van der Waals surface area contributed by atoms with Crippen LogP contribution in [-0.2, 0) is 23.1 Å². The van der Waals surface area contributed by atoms with Gasteiger partial charge in [-0.05, 0) is 24.7 Å². The molecule has 2 rings (SSSR count). The van der Waals surface area contributed by atoms with Crippen molar-refractivity contribution in [3.8, 4) is 0 Å². The van der Waals surface area contributed by atoms with Crippen LogP contribution in [-0.4, -0.2) is 47.6 Å². The highest BCUT2D eigenvalue weighted by Crippen LogP contribution is 2.16. The highest BCUT2D eigenvalue weighted by atomic mass is 16.2. The molecular weight excluding hydrogens is 306 g/mol. The summed E-state index contributed by atoms with van der Waals surface area (Å²) in [6.07, 6.45) is 3.81. The topological polar surface area (TPSA) is 79.3 Å². The third-order valence-electron chi connectivity index (χ3n) is 3.68. The van der Waals surface area contributed by atoms with E-state index >= 15 is 0 Å². The molecule has 1 aromatic heterocycles. The van der Waals surface area contributed by atoms with Gasteiger partial charge in [0.05, 0.1) is 12.6 Å². The van der Waals surface area contributed by atoms with Crippen molar-refractivity contribution in [3.63, 3.8) is 0 Å². The maximum atomic E-state index is 12.4. The van der Waals surface area contributed by atoms with Crippen LogP contribution in [0.25, 0.3) is 0 Å². The SMILES string of the molecule is CNC(C(=O)Nc1ccc(CC(=O)N(C)C)cc1)c1cnn(C)c1. The van der Waals surface area contributed by atoms with Crippen LogP contribution in [0.4, 0.5) is 5.69 Å². The zero-order valence-electron chi connectivity index (χ0n) is 14.4. The molecule has 1 unspecified atom stereocenters. The van der Waals surface area contributed by atoms with E-state index in [1.807, 2.05) is 19.2 Å². The molecular formula is C17H23N5O2. The molecule has 0 spiro atoms. The summed E-state index contributed by atoms with van der Waals surface area (Å²) in [6.45, 7) is 0. The van der Waals surface area contributed by atoms with Crippen molar-refractivity contribution >= 4 is 17.5 Å². The van der Waals surface area contributed by atoms with E-state index in [4.69, 9.17) is 0 Å². The minimum atomic E-state index is -0.478. The lowest BCUT2D eigenvalue weighted by atomic mass is 10.1. The van der Waals surface area contributed by atoms with Crippen molar-refractivity contribution in [2.75, 3.05) is 26.5 Å². The lowest BCUT2D eigenvalue weighted by molar-refractivity contribution is -0.128. The first kappa shape index (κ1) is 17.7. The minimum Gasteiger partial charge on any atom is -0.349 e.